The first-order valence-corrected chi connectivity index (χ1v) is 7.94. The Morgan fingerprint density at radius 3 is 2.35 bits per heavy atom. The van der Waals surface area contributed by atoms with Crippen LogP contribution in [0.15, 0.2) is 48.0 Å². The molecule has 1 atom stereocenters. The van der Waals surface area contributed by atoms with Crippen molar-refractivity contribution in [2.24, 2.45) is 5.92 Å². The zero-order chi connectivity index (χ0) is 12.5. The molecule has 0 unspecified atom stereocenters. The number of allylic oxidation sites excluding steroid dienone is 1. The lowest BCUT2D eigenvalue weighted by Crippen LogP contribution is -2.14. The summed E-state index contributed by atoms with van der Waals surface area (Å²) >= 11 is 0. The van der Waals surface area contributed by atoms with Gasteiger partial charge in [0.2, 0.25) is 0 Å². The fourth-order valence-electron chi connectivity index (χ4n) is 2.25. The van der Waals surface area contributed by atoms with Crippen molar-refractivity contribution in [3.63, 3.8) is 0 Å². The van der Waals surface area contributed by atoms with Gasteiger partial charge in [0.1, 0.15) is 7.14 Å². The van der Waals surface area contributed by atoms with Gasteiger partial charge in [0.05, 0.1) is 0 Å². The minimum absolute atomic E-state index is 0.120. The summed E-state index contributed by atoms with van der Waals surface area (Å²) in [5, 5.41) is 1.92. The SMILES string of the molecule is C=C=C(C1CC1)[P@@](=O)(c1ccccc1)C(C)C. The van der Waals surface area contributed by atoms with E-state index in [2.05, 4.69) is 12.3 Å². The monoisotopic (exact) mass is 246 g/mol. The van der Waals surface area contributed by atoms with Gasteiger partial charge in [0, 0.05) is 16.3 Å². The van der Waals surface area contributed by atoms with Crippen LogP contribution >= 0.6 is 7.14 Å². The average Bonchev–Trinajstić information content (AvgIpc) is 3.15. The Morgan fingerprint density at radius 1 is 1.35 bits per heavy atom. The molecule has 1 nitrogen and oxygen atoms in total. The lowest BCUT2D eigenvalue weighted by Gasteiger charge is -2.24. The van der Waals surface area contributed by atoms with Gasteiger partial charge < -0.3 is 4.57 Å². The summed E-state index contributed by atoms with van der Waals surface area (Å²) in [5.74, 6) is 0.459. The van der Waals surface area contributed by atoms with Gasteiger partial charge in [0.25, 0.3) is 0 Å². The second-order valence-corrected chi connectivity index (χ2v) is 8.27. The lowest BCUT2D eigenvalue weighted by atomic mass is 10.4. The molecule has 1 aromatic carbocycles. The highest BCUT2D eigenvalue weighted by molar-refractivity contribution is 7.76. The Balaban J connectivity index is 2.54. The van der Waals surface area contributed by atoms with Crippen molar-refractivity contribution < 1.29 is 4.57 Å². The van der Waals surface area contributed by atoms with Crippen LogP contribution in [0.3, 0.4) is 0 Å². The molecule has 0 N–H and O–H groups in total. The number of hydrogen-bond acceptors (Lipinski definition) is 1. The summed E-state index contributed by atoms with van der Waals surface area (Å²) in [7, 11) is -2.50. The first-order valence-electron chi connectivity index (χ1n) is 6.16. The van der Waals surface area contributed by atoms with E-state index < -0.39 is 7.14 Å². The molecule has 1 aromatic rings. The van der Waals surface area contributed by atoms with E-state index >= 15 is 0 Å². The highest BCUT2D eigenvalue weighted by Crippen LogP contribution is 2.63. The third-order valence-electron chi connectivity index (χ3n) is 3.37. The fourth-order valence-corrected chi connectivity index (χ4v) is 5.34. The predicted octanol–water partition coefficient (Wildman–Crippen LogP) is 4.16. The van der Waals surface area contributed by atoms with E-state index in [0.29, 0.717) is 5.92 Å². The first-order chi connectivity index (χ1) is 8.10. The van der Waals surface area contributed by atoms with E-state index in [4.69, 9.17) is 0 Å². The smallest absolute Gasteiger partial charge is 0.149 e. The summed E-state index contributed by atoms with van der Waals surface area (Å²) in [4.78, 5) is 0. The summed E-state index contributed by atoms with van der Waals surface area (Å²) < 4.78 is 13.4. The molecular formula is C15H19OP. The molecule has 0 radical (unpaired) electrons. The van der Waals surface area contributed by atoms with Crippen molar-refractivity contribution in [1.29, 1.82) is 0 Å². The van der Waals surface area contributed by atoms with Gasteiger partial charge in [0.15, 0.2) is 0 Å². The second kappa shape index (κ2) is 4.69. The highest BCUT2D eigenvalue weighted by atomic mass is 31.2. The van der Waals surface area contributed by atoms with Crippen LogP contribution in [-0.4, -0.2) is 5.66 Å². The molecule has 0 saturated heterocycles. The van der Waals surface area contributed by atoms with Crippen molar-refractivity contribution in [2.45, 2.75) is 32.3 Å². The van der Waals surface area contributed by atoms with Crippen molar-refractivity contribution in [3.05, 3.63) is 48.0 Å². The van der Waals surface area contributed by atoms with Crippen LogP contribution in [0.5, 0.6) is 0 Å². The van der Waals surface area contributed by atoms with E-state index in [1.807, 2.05) is 44.2 Å². The normalized spacial score (nSPS) is 18.5. The van der Waals surface area contributed by atoms with Crippen LogP contribution in [0, 0.1) is 5.92 Å². The number of benzene rings is 1. The van der Waals surface area contributed by atoms with Gasteiger partial charge in [-0.05, 0) is 18.8 Å². The Bertz CT molecular complexity index is 491. The Kier molecular flexibility index (Phi) is 3.43. The van der Waals surface area contributed by atoms with Crippen LogP contribution in [0.1, 0.15) is 26.7 Å². The summed E-state index contributed by atoms with van der Waals surface area (Å²) in [6.07, 6.45) is 2.28. The maximum absolute atomic E-state index is 13.4. The van der Waals surface area contributed by atoms with Crippen LogP contribution in [-0.2, 0) is 4.57 Å². The average molecular weight is 246 g/mol. The second-order valence-electron chi connectivity index (χ2n) is 4.92. The van der Waals surface area contributed by atoms with Crippen molar-refractivity contribution >= 4 is 12.4 Å². The molecule has 1 aliphatic rings. The minimum Gasteiger partial charge on any atom is -0.313 e. The molecule has 90 valence electrons. The van der Waals surface area contributed by atoms with Crippen LogP contribution in [0.4, 0.5) is 0 Å². The molecule has 0 heterocycles. The molecule has 17 heavy (non-hydrogen) atoms. The summed E-state index contributed by atoms with van der Waals surface area (Å²) in [5.41, 5.74) is 3.11. The zero-order valence-corrected chi connectivity index (χ0v) is 11.4. The topological polar surface area (TPSA) is 17.1 Å². The van der Waals surface area contributed by atoms with Crippen molar-refractivity contribution in [1.82, 2.24) is 0 Å². The first kappa shape index (κ1) is 12.4. The van der Waals surface area contributed by atoms with Crippen molar-refractivity contribution in [3.8, 4) is 0 Å². The molecule has 1 saturated carbocycles. The van der Waals surface area contributed by atoms with Crippen LogP contribution in [0.2, 0.25) is 0 Å². The van der Waals surface area contributed by atoms with E-state index in [-0.39, 0.29) is 5.66 Å². The summed E-state index contributed by atoms with van der Waals surface area (Å²) in [6, 6.07) is 9.82. The van der Waals surface area contributed by atoms with E-state index in [1.54, 1.807) is 0 Å². The van der Waals surface area contributed by atoms with Gasteiger partial charge in [-0.1, -0.05) is 50.8 Å². The van der Waals surface area contributed by atoms with E-state index in [0.717, 1.165) is 23.5 Å². The predicted molar refractivity (Wildman–Crippen MR) is 74.2 cm³/mol. The van der Waals surface area contributed by atoms with Crippen LogP contribution < -0.4 is 5.30 Å². The summed E-state index contributed by atoms with van der Waals surface area (Å²) in [6.45, 7) is 7.83. The molecule has 0 amide bonds. The van der Waals surface area contributed by atoms with Gasteiger partial charge in [-0.2, -0.15) is 0 Å². The molecule has 1 aliphatic carbocycles. The van der Waals surface area contributed by atoms with Gasteiger partial charge >= 0.3 is 0 Å². The number of rotatable bonds is 4. The molecule has 0 aromatic heterocycles. The Hall–Kier alpha value is -1.03. The lowest BCUT2D eigenvalue weighted by molar-refractivity contribution is 0.577. The molecule has 0 spiro atoms. The quantitative estimate of drug-likeness (QED) is 0.576. The standard InChI is InChI=1S/C15H19OP/c1-4-15(13-10-11-13)17(16,12(2)3)14-8-6-5-7-9-14/h5-9,12-13H,1,10-11H2,2-3H3/t17-/m0/s1. The zero-order valence-electron chi connectivity index (χ0n) is 10.5. The number of hydrogen-bond donors (Lipinski definition) is 0. The molecule has 1 fully saturated rings. The highest BCUT2D eigenvalue weighted by Gasteiger charge is 2.41. The molecule has 2 heteroatoms. The molecule has 0 bridgehead atoms. The third-order valence-corrected chi connectivity index (χ3v) is 7.13. The van der Waals surface area contributed by atoms with Gasteiger partial charge in [-0.3, -0.25) is 0 Å². The maximum Gasteiger partial charge on any atom is 0.149 e. The Labute approximate surface area is 104 Å². The third kappa shape index (κ3) is 2.18. The van der Waals surface area contributed by atoms with E-state index in [1.165, 1.54) is 0 Å². The maximum atomic E-state index is 13.4. The largest absolute Gasteiger partial charge is 0.313 e. The Morgan fingerprint density at radius 2 is 1.94 bits per heavy atom. The van der Waals surface area contributed by atoms with Gasteiger partial charge in [-0.25, -0.2) is 0 Å². The van der Waals surface area contributed by atoms with E-state index in [9.17, 15) is 4.57 Å². The van der Waals surface area contributed by atoms with Crippen molar-refractivity contribution in [2.75, 3.05) is 0 Å². The molecule has 2 rings (SSSR count). The molecular weight excluding hydrogens is 227 g/mol. The minimum atomic E-state index is -2.50. The van der Waals surface area contributed by atoms with Crippen LogP contribution in [0.25, 0.3) is 0 Å². The fraction of sp³-hybridized carbons (Fsp3) is 0.400. The van der Waals surface area contributed by atoms with Gasteiger partial charge in [-0.15, -0.1) is 5.73 Å². The molecule has 0 aliphatic heterocycles.